The summed E-state index contributed by atoms with van der Waals surface area (Å²) in [6, 6.07) is 3.38. The second kappa shape index (κ2) is 3.63. The van der Waals surface area contributed by atoms with Gasteiger partial charge in [-0.2, -0.15) is 5.26 Å². The standard InChI is InChI=1S/C14H13NO5/c1-4-13(2,3)12(17)19-10-8-5-7-9(18-8)14(10,6-15)20-11(7)16/h5,10H,4H2,1-3H3. The molecule has 0 aliphatic carbocycles. The molecule has 0 saturated heterocycles. The second-order valence-corrected chi connectivity index (χ2v) is 5.65. The van der Waals surface area contributed by atoms with Crippen LogP contribution in [0.2, 0.25) is 0 Å². The van der Waals surface area contributed by atoms with Gasteiger partial charge in [0.1, 0.15) is 11.6 Å². The molecule has 1 aromatic heterocycles. The lowest BCUT2D eigenvalue weighted by Crippen LogP contribution is -2.36. The molecular formula is C14H13NO5. The highest BCUT2D eigenvalue weighted by molar-refractivity contribution is 5.96. The van der Waals surface area contributed by atoms with Crippen molar-refractivity contribution in [1.82, 2.24) is 0 Å². The Morgan fingerprint density at radius 1 is 1.60 bits per heavy atom. The van der Waals surface area contributed by atoms with Gasteiger partial charge in [0.05, 0.1) is 5.41 Å². The smallest absolute Gasteiger partial charge is 0.344 e. The molecule has 2 aliphatic heterocycles. The molecule has 1 aromatic rings. The summed E-state index contributed by atoms with van der Waals surface area (Å²) in [4.78, 5) is 23.8. The molecule has 104 valence electrons. The van der Waals surface area contributed by atoms with Crippen molar-refractivity contribution in [3.63, 3.8) is 0 Å². The molecule has 2 bridgehead atoms. The number of ether oxygens (including phenoxy) is 2. The van der Waals surface area contributed by atoms with Crippen LogP contribution in [0, 0.1) is 16.7 Å². The molecule has 20 heavy (non-hydrogen) atoms. The fourth-order valence-electron chi connectivity index (χ4n) is 2.27. The van der Waals surface area contributed by atoms with Crippen LogP contribution < -0.4 is 0 Å². The largest absolute Gasteiger partial charge is 0.455 e. The molecule has 0 aromatic carbocycles. The van der Waals surface area contributed by atoms with Crippen LogP contribution in [0.5, 0.6) is 0 Å². The number of furan rings is 1. The van der Waals surface area contributed by atoms with Crippen molar-refractivity contribution < 1.29 is 23.5 Å². The van der Waals surface area contributed by atoms with Crippen LogP contribution in [0.4, 0.5) is 0 Å². The quantitative estimate of drug-likeness (QED) is 0.785. The van der Waals surface area contributed by atoms with E-state index in [1.807, 2.05) is 13.0 Å². The first-order valence-corrected chi connectivity index (χ1v) is 6.35. The summed E-state index contributed by atoms with van der Waals surface area (Å²) in [7, 11) is 0. The highest BCUT2D eigenvalue weighted by atomic mass is 16.6. The maximum Gasteiger partial charge on any atom is 0.344 e. The van der Waals surface area contributed by atoms with Crippen molar-refractivity contribution in [2.24, 2.45) is 5.41 Å². The average molecular weight is 275 g/mol. The van der Waals surface area contributed by atoms with E-state index in [0.717, 1.165) is 0 Å². The minimum absolute atomic E-state index is 0.145. The van der Waals surface area contributed by atoms with Gasteiger partial charge in [-0.3, -0.25) is 4.79 Å². The third-order valence-electron chi connectivity index (χ3n) is 4.02. The number of fused-ring (bicyclic) bond motifs is 1. The van der Waals surface area contributed by atoms with E-state index in [-0.39, 0.29) is 17.1 Å². The lowest BCUT2D eigenvalue weighted by molar-refractivity contribution is -0.170. The maximum atomic E-state index is 12.2. The molecule has 0 radical (unpaired) electrons. The minimum atomic E-state index is -1.64. The van der Waals surface area contributed by atoms with E-state index in [1.54, 1.807) is 13.8 Å². The summed E-state index contributed by atoms with van der Waals surface area (Å²) in [5, 5.41) is 9.37. The zero-order valence-electron chi connectivity index (χ0n) is 11.4. The molecule has 6 heteroatoms. The van der Waals surface area contributed by atoms with Crippen molar-refractivity contribution in [2.45, 2.75) is 38.9 Å². The first-order valence-electron chi connectivity index (χ1n) is 6.35. The predicted molar refractivity (Wildman–Crippen MR) is 64.3 cm³/mol. The summed E-state index contributed by atoms with van der Waals surface area (Å²) < 4.78 is 15.9. The lowest BCUT2D eigenvalue weighted by Gasteiger charge is -2.27. The number of rotatable bonds is 3. The van der Waals surface area contributed by atoms with Crippen LogP contribution in [0.3, 0.4) is 0 Å². The van der Waals surface area contributed by atoms with Crippen molar-refractivity contribution in [1.29, 1.82) is 5.26 Å². The van der Waals surface area contributed by atoms with Crippen LogP contribution in [0.15, 0.2) is 10.5 Å². The van der Waals surface area contributed by atoms with Gasteiger partial charge in [-0.1, -0.05) is 6.92 Å². The molecule has 2 atom stereocenters. The molecule has 0 amide bonds. The minimum Gasteiger partial charge on any atom is -0.455 e. The molecule has 6 nitrogen and oxygen atoms in total. The summed E-state index contributed by atoms with van der Waals surface area (Å²) in [5.74, 6) is -0.651. The molecular weight excluding hydrogens is 262 g/mol. The number of carbonyl (C=O) groups is 2. The number of nitrogens with zero attached hydrogens (tertiary/aromatic N) is 1. The third kappa shape index (κ3) is 1.32. The van der Waals surface area contributed by atoms with Gasteiger partial charge in [-0.25, -0.2) is 4.79 Å². The Morgan fingerprint density at radius 2 is 2.30 bits per heavy atom. The first kappa shape index (κ1) is 12.7. The Labute approximate surface area is 115 Å². The van der Waals surface area contributed by atoms with Crippen LogP contribution in [-0.4, -0.2) is 11.9 Å². The molecule has 3 heterocycles. The second-order valence-electron chi connectivity index (χ2n) is 5.65. The van der Waals surface area contributed by atoms with Gasteiger partial charge in [0.2, 0.25) is 6.10 Å². The van der Waals surface area contributed by atoms with Gasteiger partial charge in [-0.05, 0) is 26.3 Å². The van der Waals surface area contributed by atoms with Crippen LogP contribution >= 0.6 is 0 Å². The van der Waals surface area contributed by atoms with Crippen molar-refractivity contribution in [2.75, 3.05) is 0 Å². The Kier molecular flexibility index (Phi) is 2.31. The molecule has 0 saturated carbocycles. The van der Waals surface area contributed by atoms with E-state index in [0.29, 0.717) is 6.42 Å². The molecule has 0 fully saturated rings. The van der Waals surface area contributed by atoms with Crippen molar-refractivity contribution in [3.05, 3.63) is 23.2 Å². The summed E-state index contributed by atoms with van der Waals surface area (Å²) in [5.41, 5.74) is -2.09. The summed E-state index contributed by atoms with van der Waals surface area (Å²) in [6.07, 6.45) is -0.429. The first-order chi connectivity index (χ1) is 9.35. The average Bonchev–Trinajstić information content (AvgIpc) is 3.01. The Bertz CT molecular complexity index is 666. The Morgan fingerprint density at radius 3 is 2.90 bits per heavy atom. The SMILES string of the molecule is CCC(C)(C)C(=O)OC1c2cc3c(o2)C1(C#N)OC3=O. The monoisotopic (exact) mass is 275 g/mol. The fourth-order valence-corrected chi connectivity index (χ4v) is 2.27. The van der Waals surface area contributed by atoms with E-state index >= 15 is 0 Å². The fraction of sp³-hybridized carbons (Fsp3) is 0.500. The molecule has 2 aliphatic rings. The zero-order chi connectivity index (χ0) is 14.7. The number of nitriles is 1. The van der Waals surface area contributed by atoms with Gasteiger partial charge in [0, 0.05) is 0 Å². The molecule has 3 rings (SSSR count). The van der Waals surface area contributed by atoms with E-state index in [9.17, 15) is 14.9 Å². The van der Waals surface area contributed by atoms with Gasteiger partial charge < -0.3 is 13.9 Å². The normalized spacial score (nSPS) is 26.3. The summed E-state index contributed by atoms with van der Waals surface area (Å²) in [6.45, 7) is 5.37. The number of esters is 2. The van der Waals surface area contributed by atoms with E-state index in [1.165, 1.54) is 6.07 Å². The van der Waals surface area contributed by atoms with E-state index < -0.39 is 29.1 Å². The van der Waals surface area contributed by atoms with E-state index in [4.69, 9.17) is 13.9 Å². The third-order valence-corrected chi connectivity index (χ3v) is 4.02. The molecule has 0 spiro atoms. The lowest BCUT2D eigenvalue weighted by atomic mass is 9.88. The topological polar surface area (TPSA) is 89.5 Å². The van der Waals surface area contributed by atoms with Crippen molar-refractivity contribution in [3.8, 4) is 6.07 Å². The molecule has 0 N–H and O–H groups in total. The highest BCUT2D eigenvalue weighted by Crippen LogP contribution is 2.55. The van der Waals surface area contributed by atoms with E-state index in [2.05, 4.69) is 0 Å². The van der Waals surface area contributed by atoms with Gasteiger partial charge in [-0.15, -0.1) is 0 Å². The number of hydrogen-bond donors (Lipinski definition) is 0. The Hall–Kier alpha value is -2.29. The number of hydrogen-bond acceptors (Lipinski definition) is 6. The Balaban J connectivity index is 1.95. The van der Waals surface area contributed by atoms with Gasteiger partial charge >= 0.3 is 11.9 Å². The summed E-state index contributed by atoms with van der Waals surface area (Å²) >= 11 is 0. The molecule has 2 unspecified atom stereocenters. The van der Waals surface area contributed by atoms with Crippen LogP contribution in [-0.2, 0) is 19.9 Å². The number of carbonyl (C=O) groups excluding carboxylic acids is 2. The maximum absolute atomic E-state index is 12.2. The van der Waals surface area contributed by atoms with Crippen LogP contribution in [0.25, 0.3) is 0 Å². The van der Waals surface area contributed by atoms with Crippen LogP contribution in [0.1, 0.15) is 55.2 Å². The van der Waals surface area contributed by atoms with Crippen molar-refractivity contribution >= 4 is 11.9 Å². The van der Waals surface area contributed by atoms with Gasteiger partial charge in [0.15, 0.2) is 11.5 Å². The zero-order valence-corrected chi connectivity index (χ0v) is 11.4. The van der Waals surface area contributed by atoms with Gasteiger partial charge in [0.25, 0.3) is 5.60 Å². The highest BCUT2D eigenvalue weighted by Gasteiger charge is 2.64. The predicted octanol–water partition coefficient (Wildman–Crippen LogP) is 2.20.